The number of nitrogens with one attached hydrogen (secondary N) is 2. The minimum atomic E-state index is -0.341. The average Bonchev–Trinajstić information content (AvgIpc) is 3.08. The molecule has 0 aromatic heterocycles. The van der Waals surface area contributed by atoms with Gasteiger partial charge in [-0.1, -0.05) is 18.2 Å². The average molecular weight is 340 g/mol. The van der Waals surface area contributed by atoms with Gasteiger partial charge in [0.05, 0.1) is 6.10 Å². The molecule has 2 aliphatic rings. The van der Waals surface area contributed by atoms with Crippen molar-refractivity contribution in [2.45, 2.75) is 31.9 Å². The second kappa shape index (κ2) is 6.64. The summed E-state index contributed by atoms with van der Waals surface area (Å²) in [5, 5.41) is 15.6. The van der Waals surface area contributed by atoms with Crippen LogP contribution < -0.4 is 20.1 Å². The van der Waals surface area contributed by atoms with Gasteiger partial charge in [0.2, 0.25) is 6.79 Å². The van der Waals surface area contributed by atoms with E-state index >= 15 is 0 Å². The number of aliphatic hydroxyl groups excluding tert-OH is 1. The van der Waals surface area contributed by atoms with Gasteiger partial charge in [0.15, 0.2) is 11.5 Å². The molecule has 3 N–H and O–H groups in total. The van der Waals surface area contributed by atoms with Crippen molar-refractivity contribution >= 4 is 11.7 Å². The lowest BCUT2D eigenvalue weighted by atomic mass is 9.88. The summed E-state index contributed by atoms with van der Waals surface area (Å²) in [5.74, 6) is 1.42. The fourth-order valence-corrected chi connectivity index (χ4v) is 3.29. The molecule has 1 heterocycles. The molecule has 0 fully saturated rings. The van der Waals surface area contributed by atoms with Crippen LogP contribution in [0.1, 0.15) is 23.1 Å². The van der Waals surface area contributed by atoms with Gasteiger partial charge in [-0.25, -0.2) is 4.79 Å². The molecule has 130 valence electrons. The van der Waals surface area contributed by atoms with Gasteiger partial charge >= 0.3 is 6.03 Å². The van der Waals surface area contributed by atoms with Crippen molar-refractivity contribution in [3.8, 4) is 11.5 Å². The van der Waals surface area contributed by atoms with E-state index in [-0.39, 0.29) is 18.9 Å². The summed E-state index contributed by atoms with van der Waals surface area (Å²) in [4.78, 5) is 12.2. The molecule has 6 heteroatoms. The molecule has 0 radical (unpaired) electrons. The Morgan fingerprint density at radius 3 is 3.00 bits per heavy atom. The molecule has 6 nitrogen and oxygen atoms in total. The summed E-state index contributed by atoms with van der Waals surface area (Å²) in [7, 11) is 0. The molecular formula is C19H20N2O4. The number of carbonyl (C=O) groups is 1. The van der Waals surface area contributed by atoms with E-state index in [1.807, 2.05) is 30.3 Å². The molecule has 0 saturated heterocycles. The number of carbonyl (C=O) groups excluding carboxylic acids is 1. The number of urea groups is 1. The summed E-state index contributed by atoms with van der Waals surface area (Å²) < 4.78 is 10.6. The van der Waals surface area contributed by atoms with Gasteiger partial charge in [0.1, 0.15) is 0 Å². The number of aryl methyl sites for hydroxylation is 1. The van der Waals surface area contributed by atoms with Crippen molar-refractivity contribution in [1.29, 1.82) is 0 Å². The minimum absolute atomic E-state index is 0.234. The maximum atomic E-state index is 12.2. The predicted molar refractivity (Wildman–Crippen MR) is 92.9 cm³/mol. The molecule has 0 spiro atoms. The molecule has 1 unspecified atom stereocenters. The maximum Gasteiger partial charge on any atom is 0.319 e. The van der Waals surface area contributed by atoms with Crippen LogP contribution in [0.2, 0.25) is 0 Å². The van der Waals surface area contributed by atoms with E-state index in [1.54, 1.807) is 0 Å². The SMILES string of the molecule is O=C(NCc1ccc2c(c1)OCO2)Nc1cccc2c1CC(O)CC2. The zero-order chi connectivity index (χ0) is 17.2. The molecule has 1 atom stereocenters. The second-order valence-corrected chi connectivity index (χ2v) is 6.34. The van der Waals surface area contributed by atoms with Gasteiger partial charge in [0, 0.05) is 18.7 Å². The first kappa shape index (κ1) is 15.8. The van der Waals surface area contributed by atoms with Crippen LogP contribution in [0, 0.1) is 0 Å². The quantitative estimate of drug-likeness (QED) is 0.802. The number of fused-ring (bicyclic) bond motifs is 2. The Labute approximate surface area is 145 Å². The van der Waals surface area contributed by atoms with Crippen LogP contribution in [-0.2, 0) is 19.4 Å². The molecule has 2 aromatic rings. The van der Waals surface area contributed by atoms with Crippen molar-refractivity contribution in [2.75, 3.05) is 12.1 Å². The Morgan fingerprint density at radius 1 is 1.20 bits per heavy atom. The zero-order valence-corrected chi connectivity index (χ0v) is 13.7. The lowest BCUT2D eigenvalue weighted by Gasteiger charge is -2.23. The smallest absolute Gasteiger partial charge is 0.319 e. The molecule has 0 bridgehead atoms. The Kier molecular flexibility index (Phi) is 4.19. The van der Waals surface area contributed by atoms with E-state index in [2.05, 4.69) is 16.7 Å². The third-order valence-electron chi connectivity index (χ3n) is 4.60. The number of benzene rings is 2. The van der Waals surface area contributed by atoms with Crippen LogP contribution >= 0.6 is 0 Å². The number of hydrogen-bond donors (Lipinski definition) is 3. The van der Waals surface area contributed by atoms with Gasteiger partial charge in [-0.05, 0) is 47.7 Å². The van der Waals surface area contributed by atoms with Gasteiger partial charge < -0.3 is 25.2 Å². The molecular weight excluding hydrogens is 320 g/mol. The first-order valence-electron chi connectivity index (χ1n) is 8.41. The maximum absolute atomic E-state index is 12.2. The van der Waals surface area contributed by atoms with Crippen LogP contribution in [0.4, 0.5) is 10.5 Å². The lowest BCUT2D eigenvalue weighted by Crippen LogP contribution is -2.29. The number of hydrogen-bond acceptors (Lipinski definition) is 4. The molecule has 1 aliphatic carbocycles. The highest BCUT2D eigenvalue weighted by atomic mass is 16.7. The molecule has 4 rings (SSSR count). The predicted octanol–water partition coefficient (Wildman–Crippen LogP) is 2.59. The molecule has 2 aromatic carbocycles. The molecule has 2 amide bonds. The van der Waals surface area contributed by atoms with Crippen molar-refractivity contribution in [3.63, 3.8) is 0 Å². The van der Waals surface area contributed by atoms with E-state index in [1.165, 1.54) is 5.56 Å². The normalized spacial score (nSPS) is 17.7. The summed E-state index contributed by atoms with van der Waals surface area (Å²) in [6, 6.07) is 11.2. The first-order chi connectivity index (χ1) is 12.2. The van der Waals surface area contributed by atoms with Crippen LogP contribution in [-0.4, -0.2) is 24.0 Å². The minimum Gasteiger partial charge on any atom is -0.454 e. The summed E-state index contributed by atoms with van der Waals surface area (Å²) in [5.41, 5.74) is 3.92. The Hall–Kier alpha value is -2.73. The van der Waals surface area contributed by atoms with Crippen LogP contribution in [0.15, 0.2) is 36.4 Å². The van der Waals surface area contributed by atoms with Crippen molar-refractivity contribution in [3.05, 3.63) is 53.1 Å². The van der Waals surface area contributed by atoms with Crippen LogP contribution in [0.25, 0.3) is 0 Å². The summed E-state index contributed by atoms with van der Waals surface area (Å²) >= 11 is 0. The van der Waals surface area contributed by atoms with E-state index in [0.717, 1.165) is 35.4 Å². The standard InChI is InChI=1S/C19H20N2O4/c22-14-6-5-13-2-1-3-16(15(13)9-14)21-19(23)20-10-12-4-7-17-18(8-12)25-11-24-17/h1-4,7-8,14,22H,5-6,9-11H2,(H2,20,21,23). The molecule has 25 heavy (non-hydrogen) atoms. The van der Waals surface area contributed by atoms with Crippen molar-refractivity contribution < 1.29 is 19.4 Å². The number of rotatable bonds is 3. The van der Waals surface area contributed by atoms with Crippen molar-refractivity contribution in [1.82, 2.24) is 5.32 Å². The third-order valence-corrected chi connectivity index (χ3v) is 4.60. The monoisotopic (exact) mass is 340 g/mol. The third kappa shape index (κ3) is 3.39. The van der Waals surface area contributed by atoms with E-state index in [4.69, 9.17) is 9.47 Å². The van der Waals surface area contributed by atoms with E-state index < -0.39 is 0 Å². The van der Waals surface area contributed by atoms with Gasteiger partial charge in [0.25, 0.3) is 0 Å². The molecule has 0 saturated carbocycles. The number of amides is 2. The Bertz CT molecular complexity index is 806. The van der Waals surface area contributed by atoms with Crippen LogP contribution in [0.5, 0.6) is 11.5 Å². The summed E-state index contributed by atoms with van der Waals surface area (Å²) in [6.45, 7) is 0.623. The fraction of sp³-hybridized carbons (Fsp3) is 0.316. The topological polar surface area (TPSA) is 79.8 Å². The van der Waals surface area contributed by atoms with Gasteiger partial charge in [-0.15, -0.1) is 0 Å². The largest absolute Gasteiger partial charge is 0.454 e. The number of anilines is 1. The van der Waals surface area contributed by atoms with Crippen molar-refractivity contribution in [2.24, 2.45) is 0 Å². The highest BCUT2D eigenvalue weighted by Gasteiger charge is 2.20. The van der Waals surface area contributed by atoms with Crippen LogP contribution in [0.3, 0.4) is 0 Å². The van der Waals surface area contributed by atoms with Gasteiger partial charge in [-0.2, -0.15) is 0 Å². The lowest BCUT2D eigenvalue weighted by molar-refractivity contribution is 0.159. The van der Waals surface area contributed by atoms with E-state index in [9.17, 15) is 9.90 Å². The fourth-order valence-electron chi connectivity index (χ4n) is 3.29. The first-order valence-corrected chi connectivity index (χ1v) is 8.41. The summed E-state index contributed by atoms with van der Waals surface area (Å²) in [6.07, 6.45) is 1.85. The Morgan fingerprint density at radius 2 is 2.08 bits per heavy atom. The second-order valence-electron chi connectivity index (χ2n) is 6.34. The Balaban J connectivity index is 1.40. The zero-order valence-electron chi connectivity index (χ0n) is 13.7. The number of aliphatic hydroxyl groups is 1. The number of ether oxygens (including phenoxy) is 2. The highest BCUT2D eigenvalue weighted by molar-refractivity contribution is 5.90. The molecule has 1 aliphatic heterocycles. The van der Waals surface area contributed by atoms with Gasteiger partial charge in [-0.3, -0.25) is 0 Å². The highest BCUT2D eigenvalue weighted by Crippen LogP contribution is 2.32. The van der Waals surface area contributed by atoms with E-state index in [0.29, 0.717) is 18.7 Å².